The SMILES string of the molecule is O=C(CCCC(=O)c1cccs1)NCCCn1c(=O)[nH]c2ccccc21. The number of thiophene rings is 1. The third-order valence-corrected chi connectivity index (χ3v) is 5.08. The lowest BCUT2D eigenvalue weighted by Gasteiger charge is -2.06. The molecule has 26 heavy (non-hydrogen) atoms. The number of carbonyl (C=O) groups is 2. The van der Waals surface area contributed by atoms with E-state index in [1.807, 2.05) is 35.7 Å². The number of Topliss-reactive ketones (excluding diaryl/α,β-unsaturated/α-hetero) is 1. The molecule has 1 amide bonds. The van der Waals surface area contributed by atoms with E-state index in [0.29, 0.717) is 38.8 Å². The fourth-order valence-corrected chi connectivity index (χ4v) is 3.55. The quantitative estimate of drug-likeness (QED) is 0.448. The number of amides is 1. The number of aromatic nitrogens is 2. The van der Waals surface area contributed by atoms with Crippen molar-refractivity contribution in [3.05, 3.63) is 57.1 Å². The molecule has 0 radical (unpaired) electrons. The Kier molecular flexibility index (Phi) is 6.01. The van der Waals surface area contributed by atoms with Gasteiger partial charge in [0.25, 0.3) is 0 Å². The highest BCUT2D eigenvalue weighted by Gasteiger charge is 2.09. The summed E-state index contributed by atoms with van der Waals surface area (Å²) in [7, 11) is 0. The normalized spacial score (nSPS) is 10.9. The minimum absolute atomic E-state index is 0.0600. The number of carbonyl (C=O) groups excluding carboxylic acids is 2. The van der Waals surface area contributed by atoms with Crippen LogP contribution >= 0.6 is 11.3 Å². The van der Waals surface area contributed by atoms with Crippen LogP contribution in [0.15, 0.2) is 46.6 Å². The zero-order chi connectivity index (χ0) is 18.4. The number of fused-ring (bicyclic) bond motifs is 1. The third-order valence-electron chi connectivity index (χ3n) is 4.17. The van der Waals surface area contributed by atoms with E-state index < -0.39 is 0 Å². The number of imidazole rings is 1. The molecule has 0 bridgehead atoms. The van der Waals surface area contributed by atoms with E-state index in [9.17, 15) is 14.4 Å². The Morgan fingerprint density at radius 2 is 1.92 bits per heavy atom. The number of nitrogens with one attached hydrogen (secondary N) is 2. The van der Waals surface area contributed by atoms with Crippen molar-refractivity contribution in [1.29, 1.82) is 0 Å². The molecule has 6 nitrogen and oxygen atoms in total. The van der Waals surface area contributed by atoms with E-state index in [2.05, 4.69) is 10.3 Å². The summed E-state index contributed by atoms with van der Waals surface area (Å²) in [5.74, 6) is 0.0294. The van der Waals surface area contributed by atoms with E-state index in [1.54, 1.807) is 10.6 Å². The van der Waals surface area contributed by atoms with Crippen molar-refractivity contribution in [3.8, 4) is 0 Å². The number of hydrogen-bond donors (Lipinski definition) is 2. The minimum atomic E-state index is -0.135. The summed E-state index contributed by atoms with van der Waals surface area (Å²) < 4.78 is 1.68. The van der Waals surface area contributed by atoms with Gasteiger partial charge in [0.1, 0.15) is 0 Å². The maximum atomic E-state index is 12.0. The molecule has 2 heterocycles. The Morgan fingerprint density at radius 3 is 2.73 bits per heavy atom. The van der Waals surface area contributed by atoms with Crippen LogP contribution in [0.3, 0.4) is 0 Å². The van der Waals surface area contributed by atoms with Crippen molar-refractivity contribution in [2.75, 3.05) is 6.54 Å². The molecule has 1 aromatic carbocycles. The van der Waals surface area contributed by atoms with E-state index in [-0.39, 0.29) is 17.4 Å². The molecule has 0 fully saturated rings. The van der Waals surface area contributed by atoms with Gasteiger partial charge in [-0.25, -0.2) is 4.79 Å². The maximum Gasteiger partial charge on any atom is 0.326 e. The van der Waals surface area contributed by atoms with E-state index in [1.165, 1.54) is 11.3 Å². The zero-order valence-corrected chi connectivity index (χ0v) is 15.2. The number of aromatic amines is 1. The van der Waals surface area contributed by atoms with Gasteiger partial charge in [-0.1, -0.05) is 18.2 Å². The van der Waals surface area contributed by atoms with Crippen LogP contribution < -0.4 is 11.0 Å². The topological polar surface area (TPSA) is 84.0 Å². The summed E-state index contributed by atoms with van der Waals surface area (Å²) in [5, 5.41) is 4.72. The summed E-state index contributed by atoms with van der Waals surface area (Å²) in [6.45, 7) is 1.05. The third kappa shape index (κ3) is 4.49. The van der Waals surface area contributed by atoms with Crippen LogP contribution in [0.4, 0.5) is 0 Å². The molecule has 7 heteroatoms. The van der Waals surface area contributed by atoms with Gasteiger partial charge in [0, 0.05) is 25.9 Å². The summed E-state index contributed by atoms with van der Waals surface area (Å²) in [6, 6.07) is 11.2. The average molecular weight is 371 g/mol. The number of benzene rings is 1. The molecule has 136 valence electrons. The standard InChI is InChI=1S/C19H21N3O3S/c23-16(17-9-4-13-26-17)8-3-10-18(24)20-11-5-12-22-15-7-2-1-6-14(15)21-19(22)25/h1-2,4,6-7,9,13H,3,5,8,10-12H2,(H,20,24)(H,21,25). The van der Waals surface area contributed by atoms with E-state index in [4.69, 9.17) is 0 Å². The monoisotopic (exact) mass is 371 g/mol. The van der Waals surface area contributed by atoms with Gasteiger partial charge in [0.05, 0.1) is 15.9 Å². The van der Waals surface area contributed by atoms with Crippen LogP contribution in [0, 0.1) is 0 Å². The molecule has 0 saturated carbocycles. The molecular formula is C19H21N3O3S. The number of H-pyrrole nitrogens is 1. The van der Waals surface area contributed by atoms with Crippen LogP contribution in [0.2, 0.25) is 0 Å². The number of rotatable bonds is 9. The lowest BCUT2D eigenvalue weighted by Crippen LogP contribution is -2.26. The van der Waals surface area contributed by atoms with Crippen LogP contribution in [-0.4, -0.2) is 27.8 Å². The molecule has 0 aliphatic rings. The van der Waals surface area contributed by atoms with Gasteiger partial charge in [0.2, 0.25) is 5.91 Å². The first-order valence-electron chi connectivity index (χ1n) is 8.66. The highest BCUT2D eigenvalue weighted by Crippen LogP contribution is 2.13. The van der Waals surface area contributed by atoms with Gasteiger partial charge >= 0.3 is 5.69 Å². The van der Waals surface area contributed by atoms with Crippen molar-refractivity contribution in [2.24, 2.45) is 0 Å². The summed E-state index contributed by atoms with van der Waals surface area (Å²) in [4.78, 5) is 39.2. The van der Waals surface area contributed by atoms with Crippen molar-refractivity contribution < 1.29 is 9.59 Å². The second kappa shape index (κ2) is 8.62. The fraction of sp³-hybridized carbons (Fsp3) is 0.316. The first-order valence-corrected chi connectivity index (χ1v) is 9.54. The van der Waals surface area contributed by atoms with Gasteiger partial charge in [0.15, 0.2) is 5.78 Å². The van der Waals surface area contributed by atoms with Crippen LogP contribution in [-0.2, 0) is 11.3 Å². The Balaban J connectivity index is 1.37. The second-order valence-electron chi connectivity index (χ2n) is 6.06. The number of hydrogen-bond acceptors (Lipinski definition) is 4. The first kappa shape index (κ1) is 18.1. The minimum Gasteiger partial charge on any atom is -0.356 e. The molecular weight excluding hydrogens is 350 g/mol. The van der Waals surface area contributed by atoms with Gasteiger partial charge in [-0.3, -0.25) is 14.2 Å². The van der Waals surface area contributed by atoms with Gasteiger partial charge in [-0.2, -0.15) is 0 Å². The second-order valence-corrected chi connectivity index (χ2v) is 7.00. The molecule has 3 aromatic rings. The highest BCUT2D eigenvalue weighted by molar-refractivity contribution is 7.12. The van der Waals surface area contributed by atoms with E-state index >= 15 is 0 Å². The van der Waals surface area contributed by atoms with Gasteiger partial charge in [-0.05, 0) is 36.4 Å². The average Bonchev–Trinajstić information content (AvgIpc) is 3.26. The molecule has 2 N–H and O–H groups in total. The number of aryl methyl sites for hydroxylation is 1. The molecule has 0 atom stereocenters. The molecule has 0 aliphatic heterocycles. The smallest absolute Gasteiger partial charge is 0.326 e. The predicted molar refractivity (Wildman–Crippen MR) is 103 cm³/mol. The van der Waals surface area contributed by atoms with Gasteiger partial charge < -0.3 is 10.3 Å². The van der Waals surface area contributed by atoms with Crippen molar-refractivity contribution in [3.63, 3.8) is 0 Å². The van der Waals surface area contributed by atoms with Crippen LogP contribution in [0.5, 0.6) is 0 Å². The highest BCUT2D eigenvalue weighted by atomic mass is 32.1. The Labute approximate surface area is 154 Å². The van der Waals surface area contributed by atoms with Crippen molar-refractivity contribution >= 4 is 34.1 Å². The number of ketones is 1. The Bertz CT molecular complexity index is 941. The number of nitrogens with zero attached hydrogens (tertiary/aromatic N) is 1. The Morgan fingerprint density at radius 1 is 1.08 bits per heavy atom. The van der Waals surface area contributed by atoms with Crippen LogP contribution in [0.1, 0.15) is 35.4 Å². The molecule has 0 spiro atoms. The Hall–Kier alpha value is -2.67. The molecule has 0 saturated heterocycles. The van der Waals surface area contributed by atoms with Crippen molar-refractivity contribution in [2.45, 2.75) is 32.2 Å². The largest absolute Gasteiger partial charge is 0.356 e. The molecule has 2 aromatic heterocycles. The molecule has 3 rings (SSSR count). The lowest BCUT2D eigenvalue weighted by molar-refractivity contribution is -0.121. The van der Waals surface area contributed by atoms with E-state index in [0.717, 1.165) is 15.9 Å². The van der Waals surface area contributed by atoms with Crippen LogP contribution in [0.25, 0.3) is 11.0 Å². The van der Waals surface area contributed by atoms with Crippen molar-refractivity contribution in [1.82, 2.24) is 14.9 Å². The van der Waals surface area contributed by atoms with Gasteiger partial charge in [-0.15, -0.1) is 11.3 Å². The zero-order valence-electron chi connectivity index (χ0n) is 14.4. The number of para-hydroxylation sites is 2. The summed E-state index contributed by atoms with van der Waals surface area (Å²) in [6.07, 6.45) is 1.94. The maximum absolute atomic E-state index is 12.0. The molecule has 0 aliphatic carbocycles. The fourth-order valence-electron chi connectivity index (χ4n) is 2.85. The molecule has 0 unspecified atom stereocenters. The predicted octanol–water partition coefficient (Wildman–Crippen LogP) is 2.95. The first-order chi connectivity index (χ1) is 12.6. The lowest BCUT2D eigenvalue weighted by atomic mass is 10.1. The summed E-state index contributed by atoms with van der Waals surface area (Å²) >= 11 is 1.43. The summed E-state index contributed by atoms with van der Waals surface area (Å²) in [5.41, 5.74) is 1.55.